The van der Waals surface area contributed by atoms with Crippen LogP contribution in [0, 0.1) is 11.8 Å². The summed E-state index contributed by atoms with van der Waals surface area (Å²) in [5.41, 5.74) is 2.08. The monoisotopic (exact) mass is 559 g/mol. The van der Waals surface area contributed by atoms with Crippen molar-refractivity contribution in [1.82, 2.24) is 24.7 Å². The summed E-state index contributed by atoms with van der Waals surface area (Å²) in [6.07, 6.45) is 2.98. The standard InChI is InChI=1S/C29H42ClN5O4/c1-21(2)20-34(24-17-22(18-31-19-24)27(36)33-12-15-39-16-13-33)28(37)26-25(11-7-8-14-38-3)35(29(30)32-26)23-9-5-4-6-10-23/h4-6,9-10,21-22,24,31H,7-8,11-20H2,1-3H3/t22-,24+/m1/s1. The first kappa shape index (κ1) is 29.5. The van der Waals surface area contributed by atoms with Crippen molar-refractivity contribution in [2.24, 2.45) is 11.8 Å². The average Bonchev–Trinajstić information content (AvgIpc) is 3.29. The molecule has 39 heavy (non-hydrogen) atoms. The molecule has 10 heteroatoms. The fourth-order valence-electron chi connectivity index (χ4n) is 5.52. The van der Waals surface area contributed by atoms with Gasteiger partial charge in [0.1, 0.15) is 0 Å². The van der Waals surface area contributed by atoms with Crippen molar-refractivity contribution in [3.05, 3.63) is 47.0 Å². The fraction of sp³-hybridized carbons (Fsp3) is 0.621. The Morgan fingerprint density at radius 1 is 1.18 bits per heavy atom. The van der Waals surface area contributed by atoms with E-state index in [1.807, 2.05) is 44.7 Å². The first-order valence-corrected chi connectivity index (χ1v) is 14.5. The van der Waals surface area contributed by atoms with E-state index in [2.05, 4.69) is 24.1 Å². The second kappa shape index (κ2) is 14.3. The van der Waals surface area contributed by atoms with Crippen LogP contribution in [0.25, 0.3) is 5.69 Å². The number of hydrogen-bond donors (Lipinski definition) is 1. The van der Waals surface area contributed by atoms with Crippen LogP contribution in [0.5, 0.6) is 0 Å². The molecule has 214 valence electrons. The molecule has 2 atom stereocenters. The number of amides is 2. The Morgan fingerprint density at radius 2 is 1.92 bits per heavy atom. The molecule has 1 aromatic carbocycles. The number of methoxy groups -OCH3 is 1. The number of unbranched alkanes of at least 4 members (excludes halogenated alkanes) is 1. The van der Waals surface area contributed by atoms with E-state index in [1.165, 1.54) is 0 Å². The maximum atomic E-state index is 14.3. The number of rotatable bonds is 11. The van der Waals surface area contributed by atoms with Gasteiger partial charge in [-0.15, -0.1) is 0 Å². The summed E-state index contributed by atoms with van der Waals surface area (Å²) in [6, 6.07) is 9.68. The number of ether oxygens (including phenoxy) is 2. The summed E-state index contributed by atoms with van der Waals surface area (Å²) >= 11 is 6.70. The molecule has 1 N–H and O–H groups in total. The lowest BCUT2D eigenvalue weighted by molar-refractivity contribution is -0.140. The predicted molar refractivity (Wildman–Crippen MR) is 151 cm³/mol. The number of morpholine rings is 1. The highest BCUT2D eigenvalue weighted by molar-refractivity contribution is 6.29. The Morgan fingerprint density at radius 3 is 2.62 bits per heavy atom. The zero-order valence-corrected chi connectivity index (χ0v) is 24.2. The van der Waals surface area contributed by atoms with Gasteiger partial charge < -0.3 is 24.6 Å². The first-order valence-electron chi connectivity index (χ1n) is 14.1. The molecule has 0 bridgehead atoms. The zero-order valence-electron chi connectivity index (χ0n) is 23.4. The smallest absolute Gasteiger partial charge is 0.274 e. The Bertz CT molecular complexity index is 1090. The van der Waals surface area contributed by atoms with Crippen LogP contribution in [-0.4, -0.2) is 96.9 Å². The lowest BCUT2D eigenvalue weighted by atomic mass is 9.92. The number of para-hydroxylation sites is 1. The van der Waals surface area contributed by atoms with Crippen LogP contribution < -0.4 is 5.32 Å². The van der Waals surface area contributed by atoms with Crippen LogP contribution in [0.4, 0.5) is 0 Å². The number of halogens is 1. The quantitative estimate of drug-likeness (QED) is 0.424. The van der Waals surface area contributed by atoms with Crippen LogP contribution in [0.15, 0.2) is 30.3 Å². The predicted octanol–water partition coefficient (Wildman–Crippen LogP) is 3.43. The third-order valence-corrected chi connectivity index (χ3v) is 7.68. The molecule has 0 saturated carbocycles. The van der Waals surface area contributed by atoms with Crippen molar-refractivity contribution in [1.29, 1.82) is 0 Å². The van der Waals surface area contributed by atoms with E-state index in [9.17, 15) is 9.59 Å². The normalized spacial score (nSPS) is 19.9. The van der Waals surface area contributed by atoms with Gasteiger partial charge in [-0.1, -0.05) is 32.0 Å². The van der Waals surface area contributed by atoms with Crippen molar-refractivity contribution in [2.75, 3.05) is 59.7 Å². The van der Waals surface area contributed by atoms with Crippen LogP contribution in [0.1, 0.15) is 49.3 Å². The summed E-state index contributed by atoms with van der Waals surface area (Å²) in [5, 5.41) is 3.71. The summed E-state index contributed by atoms with van der Waals surface area (Å²) in [7, 11) is 1.69. The summed E-state index contributed by atoms with van der Waals surface area (Å²) in [4.78, 5) is 36.0. The lowest BCUT2D eigenvalue weighted by Gasteiger charge is -2.40. The van der Waals surface area contributed by atoms with E-state index < -0.39 is 0 Å². The van der Waals surface area contributed by atoms with E-state index >= 15 is 0 Å². The number of aromatic nitrogens is 2. The van der Waals surface area contributed by atoms with Gasteiger partial charge in [0, 0.05) is 58.2 Å². The number of carbonyl (C=O) groups is 2. The molecule has 1 aromatic heterocycles. The average molecular weight is 560 g/mol. The van der Waals surface area contributed by atoms with Gasteiger partial charge in [-0.25, -0.2) is 4.98 Å². The Labute approximate surface area is 236 Å². The van der Waals surface area contributed by atoms with Gasteiger partial charge in [0.15, 0.2) is 5.69 Å². The highest BCUT2D eigenvalue weighted by Crippen LogP contribution is 2.28. The van der Waals surface area contributed by atoms with Crippen molar-refractivity contribution in [3.8, 4) is 5.69 Å². The molecular weight excluding hydrogens is 518 g/mol. The molecule has 2 aliphatic heterocycles. The second-order valence-corrected chi connectivity index (χ2v) is 11.2. The maximum absolute atomic E-state index is 14.3. The van der Waals surface area contributed by atoms with Gasteiger partial charge in [-0.05, 0) is 55.3 Å². The van der Waals surface area contributed by atoms with Crippen LogP contribution in [0.2, 0.25) is 5.28 Å². The van der Waals surface area contributed by atoms with E-state index in [0.29, 0.717) is 71.1 Å². The minimum absolute atomic E-state index is 0.120. The Kier molecular flexibility index (Phi) is 10.8. The molecule has 0 spiro atoms. The molecule has 3 heterocycles. The molecule has 0 radical (unpaired) electrons. The van der Waals surface area contributed by atoms with Crippen molar-refractivity contribution in [2.45, 2.75) is 45.6 Å². The number of piperidine rings is 1. The van der Waals surface area contributed by atoms with E-state index in [-0.39, 0.29) is 35.0 Å². The minimum atomic E-state index is -0.178. The fourth-order valence-corrected chi connectivity index (χ4v) is 5.80. The topological polar surface area (TPSA) is 88.9 Å². The van der Waals surface area contributed by atoms with Crippen LogP contribution in [-0.2, 0) is 20.7 Å². The number of hydrogen-bond acceptors (Lipinski definition) is 6. The van der Waals surface area contributed by atoms with E-state index in [4.69, 9.17) is 21.1 Å². The van der Waals surface area contributed by atoms with Gasteiger partial charge in [-0.3, -0.25) is 14.2 Å². The number of benzene rings is 1. The summed E-state index contributed by atoms with van der Waals surface area (Å²) in [5.74, 6) is 0.0837. The number of nitrogens with zero attached hydrogens (tertiary/aromatic N) is 4. The Balaban J connectivity index is 1.62. The third-order valence-electron chi connectivity index (χ3n) is 7.42. The zero-order chi connectivity index (χ0) is 27.8. The van der Waals surface area contributed by atoms with Gasteiger partial charge in [-0.2, -0.15) is 0 Å². The van der Waals surface area contributed by atoms with Crippen molar-refractivity contribution >= 4 is 23.4 Å². The second-order valence-electron chi connectivity index (χ2n) is 10.8. The van der Waals surface area contributed by atoms with Crippen LogP contribution in [0.3, 0.4) is 0 Å². The molecule has 2 aliphatic rings. The number of imidazole rings is 1. The summed E-state index contributed by atoms with van der Waals surface area (Å²) in [6.45, 7) is 9.09. The minimum Gasteiger partial charge on any atom is -0.385 e. The molecule has 2 aromatic rings. The van der Waals surface area contributed by atoms with E-state index in [0.717, 1.165) is 24.2 Å². The largest absolute Gasteiger partial charge is 0.385 e. The Hall–Kier alpha value is -2.46. The molecule has 9 nitrogen and oxygen atoms in total. The SMILES string of the molecule is COCCCCc1c(C(=O)N(CC(C)C)[C@@H]2CNC[C@H](C(=O)N3CCOCC3)C2)nc(Cl)n1-c1ccccc1. The van der Waals surface area contributed by atoms with Gasteiger partial charge in [0.2, 0.25) is 11.2 Å². The number of nitrogens with one attached hydrogen (secondary N) is 1. The van der Waals surface area contributed by atoms with Crippen LogP contribution >= 0.6 is 11.6 Å². The first-order chi connectivity index (χ1) is 18.9. The molecular formula is C29H42ClN5O4. The van der Waals surface area contributed by atoms with Crippen molar-refractivity contribution in [3.63, 3.8) is 0 Å². The molecule has 4 rings (SSSR count). The maximum Gasteiger partial charge on any atom is 0.274 e. The molecule has 2 fully saturated rings. The molecule has 0 aliphatic carbocycles. The van der Waals surface area contributed by atoms with Gasteiger partial charge in [0.05, 0.1) is 24.8 Å². The highest BCUT2D eigenvalue weighted by atomic mass is 35.5. The van der Waals surface area contributed by atoms with E-state index in [1.54, 1.807) is 7.11 Å². The van der Waals surface area contributed by atoms with Gasteiger partial charge >= 0.3 is 0 Å². The lowest BCUT2D eigenvalue weighted by Crippen LogP contribution is -2.56. The molecule has 0 unspecified atom stereocenters. The summed E-state index contributed by atoms with van der Waals surface area (Å²) < 4.78 is 12.6. The third kappa shape index (κ3) is 7.39. The highest BCUT2D eigenvalue weighted by Gasteiger charge is 2.37. The van der Waals surface area contributed by atoms with Gasteiger partial charge in [0.25, 0.3) is 5.91 Å². The van der Waals surface area contributed by atoms with Crippen molar-refractivity contribution < 1.29 is 19.1 Å². The molecule has 2 saturated heterocycles. The molecule has 2 amide bonds. The number of carbonyl (C=O) groups excluding carboxylic acids is 2.